The van der Waals surface area contributed by atoms with Crippen LogP contribution in [0.5, 0.6) is 0 Å². The lowest BCUT2D eigenvalue weighted by Gasteiger charge is -2.00. The molecule has 2 heterocycles. The molecule has 0 spiro atoms. The second-order valence-corrected chi connectivity index (χ2v) is 2.93. The largest absolute Gasteiger partial charge is 0.447 e. The number of nitrogens with zero attached hydrogens (tertiary/aromatic N) is 1. The van der Waals surface area contributed by atoms with Gasteiger partial charge in [-0.25, -0.2) is 9.78 Å². The van der Waals surface area contributed by atoms with Crippen molar-refractivity contribution < 1.29 is 9.53 Å². The summed E-state index contributed by atoms with van der Waals surface area (Å²) in [4.78, 5) is 14.6. The zero-order chi connectivity index (χ0) is 7.68. The van der Waals surface area contributed by atoms with Gasteiger partial charge in [0, 0.05) is 5.38 Å². The van der Waals surface area contributed by atoms with E-state index in [0.29, 0.717) is 6.61 Å². The third-order valence-electron chi connectivity index (χ3n) is 1.48. The van der Waals surface area contributed by atoms with Gasteiger partial charge in [-0.2, -0.15) is 0 Å². The molecule has 5 heteroatoms. The van der Waals surface area contributed by atoms with Crippen LogP contribution in [0.1, 0.15) is 11.7 Å². The minimum absolute atomic E-state index is 0.0475. The molecule has 58 valence electrons. The highest BCUT2D eigenvalue weighted by Crippen LogP contribution is 2.16. The number of aromatic nitrogens is 1. The highest BCUT2D eigenvalue weighted by Gasteiger charge is 2.24. The second kappa shape index (κ2) is 2.50. The normalized spacial score (nSPS) is 22.9. The standard InChI is InChI=1S/C6H6N2O2S/c9-6-8-4(1-10-6)5-2-11-3-7-5/h2-4H,1H2,(H,8,9). The quantitative estimate of drug-likeness (QED) is 0.682. The van der Waals surface area contributed by atoms with E-state index in [1.807, 2.05) is 5.38 Å². The maximum Gasteiger partial charge on any atom is 0.407 e. The molecule has 1 aromatic rings. The third kappa shape index (κ3) is 1.19. The summed E-state index contributed by atoms with van der Waals surface area (Å²) in [6, 6.07) is -0.0475. The minimum atomic E-state index is -0.358. The van der Waals surface area contributed by atoms with Gasteiger partial charge in [-0.15, -0.1) is 11.3 Å². The average Bonchev–Trinajstić information content (AvgIpc) is 2.55. The molecule has 1 aromatic heterocycles. The van der Waals surface area contributed by atoms with Gasteiger partial charge in [0.2, 0.25) is 0 Å². The Hall–Kier alpha value is -1.10. The Morgan fingerprint density at radius 3 is 3.27 bits per heavy atom. The Balaban J connectivity index is 2.13. The molecule has 1 aliphatic rings. The number of hydrogen-bond acceptors (Lipinski definition) is 4. The highest BCUT2D eigenvalue weighted by molar-refractivity contribution is 7.07. The lowest BCUT2D eigenvalue weighted by atomic mass is 10.3. The molecule has 1 N–H and O–H groups in total. The van der Waals surface area contributed by atoms with Crippen LogP contribution in [-0.2, 0) is 4.74 Å². The summed E-state index contributed by atoms with van der Waals surface area (Å²) in [7, 11) is 0. The van der Waals surface area contributed by atoms with Crippen LogP contribution in [0.25, 0.3) is 0 Å². The molecule has 1 atom stereocenters. The molecular formula is C6H6N2O2S. The number of rotatable bonds is 1. The SMILES string of the molecule is O=C1NC(c2cscn2)CO1. The van der Waals surface area contributed by atoms with Crippen LogP contribution in [0.2, 0.25) is 0 Å². The Morgan fingerprint density at radius 1 is 1.82 bits per heavy atom. The summed E-state index contributed by atoms with van der Waals surface area (Å²) >= 11 is 1.51. The Kier molecular flexibility index (Phi) is 1.50. The van der Waals surface area contributed by atoms with Crippen LogP contribution in [0.15, 0.2) is 10.9 Å². The average molecular weight is 170 g/mol. The third-order valence-corrected chi connectivity index (χ3v) is 2.09. The number of cyclic esters (lactones) is 1. The summed E-state index contributed by atoms with van der Waals surface area (Å²) in [5, 5.41) is 4.54. The molecule has 1 fully saturated rings. The summed E-state index contributed by atoms with van der Waals surface area (Å²) in [6.45, 7) is 0.391. The van der Waals surface area contributed by atoms with Gasteiger partial charge in [0.05, 0.1) is 11.2 Å². The first-order chi connectivity index (χ1) is 5.36. The molecule has 1 aliphatic heterocycles. The molecule has 4 nitrogen and oxygen atoms in total. The van der Waals surface area contributed by atoms with E-state index in [1.165, 1.54) is 11.3 Å². The Bertz CT molecular complexity index is 260. The fourth-order valence-corrected chi connectivity index (χ4v) is 1.55. The number of alkyl carbamates (subject to hydrolysis) is 1. The van der Waals surface area contributed by atoms with Gasteiger partial charge in [-0.1, -0.05) is 0 Å². The molecule has 0 radical (unpaired) electrons. The molecule has 1 saturated heterocycles. The van der Waals surface area contributed by atoms with Crippen molar-refractivity contribution in [3.63, 3.8) is 0 Å². The topological polar surface area (TPSA) is 51.2 Å². The number of carbonyl (C=O) groups is 1. The zero-order valence-corrected chi connectivity index (χ0v) is 6.43. The van der Waals surface area contributed by atoms with E-state index < -0.39 is 0 Å². The predicted molar refractivity (Wildman–Crippen MR) is 39.3 cm³/mol. The summed E-state index contributed by atoms with van der Waals surface area (Å²) in [5.74, 6) is 0. The zero-order valence-electron chi connectivity index (χ0n) is 5.61. The van der Waals surface area contributed by atoms with Crippen molar-refractivity contribution in [3.05, 3.63) is 16.6 Å². The van der Waals surface area contributed by atoms with E-state index in [0.717, 1.165) is 5.69 Å². The van der Waals surface area contributed by atoms with Gasteiger partial charge < -0.3 is 10.1 Å². The summed E-state index contributed by atoms with van der Waals surface area (Å²) < 4.78 is 4.70. The molecule has 2 rings (SSSR count). The Labute approximate surface area is 67.2 Å². The Morgan fingerprint density at radius 2 is 2.73 bits per heavy atom. The van der Waals surface area contributed by atoms with Gasteiger partial charge in [0.15, 0.2) is 0 Å². The van der Waals surface area contributed by atoms with Crippen molar-refractivity contribution in [2.75, 3.05) is 6.61 Å². The highest BCUT2D eigenvalue weighted by atomic mass is 32.1. The van der Waals surface area contributed by atoms with Crippen LogP contribution in [0, 0.1) is 0 Å². The minimum Gasteiger partial charge on any atom is -0.447 e. The molecule has 1 unspecified atom stereocenters. The van der Waals surface area contributed by atoms with Crippen LogP contribution in [0.4, 0.5) is 4.79 Å². The number of thiazole rings is 1. The number of hydrogen-bond donors (Lipinski definition) is 1. The monoisotopic (exact) mass is 170 g/mol. The molecule has 11 heavy (non-hydrogen) atoms. The van der Waals surface area contributed by atoms with Crippen LogP contribution in [0.3, 0.4) is 0 Å². The van der Waals surface area contributed by atoms with Crippen molar-refractivity contribution in [3.8, 4) is 0 Å². The van der Waals surface area contributed by atoms with E-state index in [-0.39, 0.29) is 12.1 Å². The van der Waals surface area contributed by atoms with Gasteiger partial charge >= 0.3 is 6.09 Å². The lowest BCUT2D eigenvalue weighted by molar-refractivity contribution is 0.177. The number of nitrogens with one attached hydrogen (secondary N) is 1. The number of carbonyl (C=O) groups excluding carboxylic acids is 1. The van der Waals surface area contributed by atoms with Crippen molar-refractivity contribution >= 4 is 17.4 Å². The van der Waals surface area contributed by atoms with E-state index in [9.17, 15) is 4.79 Å². The molecule has 0 bridgehead atoms. The summed E-state index contributed by atoms with van der Waals surface area (Å²) in [5.41, 5.74) is 2.61. The maximum atomic E-state index is 10.6. The second-order valence-electron chi connectivity index (χ2n) is 2.21. The molecule has 0 aliphatic carbocycles. The first-order valence-corrected chi connectivity index (χ1v) is 4.12. The summed E-state index contributed by atoms with van der Waals surface area (Å²) in [6.07, 6.45) is -0.358. The molecule has 0 aromatic carbocycles. The van der Waals surface area contributed by atoms with Crippen molar-refractivity contribution in [1.82, 2.24) is 10.3 Å². The molecular weight excluding hydrogens is 164 g/mol. The van der Waals surface area contributed by atoms with Crippen molar-refractivity contribution in [1.29, 1.82) is 0 Å². The maximum absolute atomic E-state index is 10.6. The predicted octanol–water partition coefficient (Wildman–Crippen LogP) is 0.924. The van der Waals surface area contributed by atoms with E-state index in [1.54, 1.807) is 5.51 Å². The molecule has 0 saturated carbocycles. The van der Waals surface area contributed by atoms with Gasteiger partial charge in [-0.05, 0) is 0 Å². The fraction of sp³-hybridized carbons (Fsp3) is 0.333. The van der Waals surface area contributed by atoms with E-state index in [4.69, 9.17) is 4.74 Å². The molecule has 1 amide bonds. The van der Waals surface area contributed by atoms with Gasteiger partial charge in [0.25, 0.3) is 0 Å². The fourth-order valence-electron chi connectivity index (χ4n) is 0.938. The van der Waals surface area contributed by atoms with Gasteiger partial charge in [-0.3, -0.25) is 0 Å². The van der Waals surface area contributed by atoms with E-state index in [2.05, 4.69) is 10.3 Å². The van der Waals surface area contributed by atoms with Crippen LogP contribution in [-0.4, -0.2) is 17.7 Å². The number of ether oxygens (including phenoxy) is 1. The van der Waals surface area contributed by atoms with E-state index >= 15 is 0 Å². The van der Waals surface area contributed by atoms with Crippen LogP contribution < -0.4 is 5.32 Å². The first-order valence-electron chi connectivity index (χ1n) is 3.17. The smallest absolute Gasteiger partial charge is 0.407 e. The van der Waals surface area contributed by atoms with Crippen molar-refractivity contribution in [2.45, 2.75) is 6.04 Å². The first kappa shape index (κ1) is 6.60. The lowest BCUT2D eigenvalue weighted by Crippen LogP contribution is -2.18. The van der Waals surface area contributed by atoms with Gasteiger partial charge in [0.1, 0.15) is 12.6 Å². The van der Waals surface area contributed by atoms with Crippen LogP contribution >= 0.6 is 11.3 Å². The number of amides is 1. The van der Waals surface area contributed by atoms with Crippen molar-refractivity contribution in [2.24, 2.45) is 0 Å².